The van der Waals surface area contributed by atoms with Gasteiger partial charge in [-0.05, 0) is 83.1 Å². The smallest absolute Gasteiger partial charge is 0.162 e. The first-order chi connectivity index (χ1) is 27.2. The minimum absolute atomic E-state index is 0.000405. The molecule has 2 unspecified atom stereocenters. The lowest BCUT2D eigenvalue weighted by Crippen LogP contribution is -2.78. The maximum absolute atomic E-state index is 13.9. The molecule has 57 heavy (non-hydrogen) atoms. The number of hydrogen-bond acceptors (Lipinski definition) is 3. The Kier molecular flexibility index (Phi) is 14.8. The molecule has 3 heterocycles. The van der Waals surface area contributed by atoms with E-state index < -0.39 is 51.1 Å². The van der Waals surface area contributed by atoms with Crippen LogP contribution >= 0.6 is 11.6 Å². The molecule has 0 aliphatic carbocycles. The van der Waals surface area contributed by atoms with Crippen molar-refractivity contribution in [2.45, 2.75) is 31.5 Å². The Morgan fingerprint density at radius 2 is 1.35 bits per heavy atom. The Bertz CT molecular complexity index is 2080. The number of hydrogen-bond donors (Lipinski definition) is 1. The number of halogens is 2. The van der Waals surface area contributed by atoms with Crippen molar-refractivity contribution in [2.24, 2.45) is 0 Å². The Morgan fingerprint density at radius 3 is 1.93 bits per heavy atom. The minimum Gasteiger partial charge on any atom is -0.493 e. The van der Waals surface area contributed by atoms with Crippen molar-refractivity contribution in [2.75, 3.05) is 13.7 Å². The molecule has 0 amide bonds. The van der Waals surface area contributed by atoms with Crippen molar-refractivity contribution in [1.82, 2.24) is 9.88 Å². The summed E-state index contributed by atoms with van der Waals surface area (Å²) >= 11 is 6.06. The quantitative estimate of drug-likeness (QED) is 0.194. The number of nitrogens with one attached hydrogen (secondary N) is 1. The van der Waals surface area contributed by atoms with Gasteiger partial charge in [0.1, 0.15) is 12.4 Å². The van der Waals surface area contributed by atoms with E-state index in [4.69, 9.17) is 98.4 Å². The number of ether oxygens (including phenoxy) is 2. The van der Waals surface area contributed by atoms with Gasteiger partial charge in [0.15, 0.2) is 11.5 Å². The molecule has 7 rings (SSSR count). The van der Waals surface area contributed by atoms with E-state index in [1.165, 1.54) is 27.8 Å². The highest BCUT2D eigenvalue weighted by Gasteiger charge is 2.43. The molecule has 2 aliphatic heterocycles. The fourth-order valence-corrected chi connectivity index (χ4v) is 8.75. The van der Waals surface area contributed by atoms with Crippen LogP contribution < -0.4 is 9.47 Å². The summed E-state index contributed by atoms with van der Waals surface area (Å²) in [7, 11) is 58.4. The molecule has 4 aromatic carbocycles. The summed E-state index contributed by atoms with van der Waals surface area (Å²) in [5.74, 6) is 1.26. The van der Waals surface area contributed by atoms with Crippen LogP contribution in [0.3, 0.4) is 0 Å². The summed E-state index contributed by atoms with van der Waals surface area (Å²) in [5, 5.41) is 1.95. The molecule has 20 radical (unpaired) electrons. The van der Waals surface area contributed by atoms with Gasteiger partial charge in [-0.25, -0.2) is 4.39 Å². The van der Waals surface area contributed by atoms with Crippen LogP contribution in [0, 0.1) is 5.82 Å². The van der Waals surface area contributed by atoms with Crippen molar-refractivity contribution in [1.29, 1.82) is 0 Å². The maximum Gasteiger partial charge on any atom is 0.162 e. The second-order valence-electron chi connectivity index (χ2n) is 15.0. The zero-order valence-electron chi connectivity index (χ0n) is 32.0. The van der Waals surface area contributed by atoms with Gasteiger partial charge in [0.2, 0.25) is 0 Å². The molecule has 0 bridgehead atoms. The average molecular weight is 734 g/mol. The highest BCUT2D eigenvalue weighted by molar-refractivity contribution is 8.17. The largest absolute Gasteiger partial charge is 0.493 e. The standard InChI is InChI=1S/C33H28ClFN2O2.B18/c1-38-30-16-22-14-15-37-29(26(22)18-31(30)39-19-20-6-10-23(34)11-7-20)17-27-25-4-2-3-5-28(25)36-32(27)33(37)21-8-12-24(35)13-9-21;1-11(2)16(12(3)4)18(15(9)10)17(13(5)6)14(7)8/h2-13,16,18,29,33,36H,14-15,17,19H2,1H3;. The molecule has 2 aliphatic rings. The summed E-state index contributed by atoms with van der Waals surface area (Å²) < 4.78 is 26.0. The number of aromatic amines is 1. The van der Waals surface area contributed by atoms with Crippen LogP contribution in [0.15, 0.2) is 84.9 Å². The van der Waals surface area contributed by atoms with Gasteiger partial charge in [0, 0.05) is 163 Å². The minimum atomic E-state index is -0.853. The van der Waals surface area contributed by atoms with Gasteiger partial charge in [0.05, 0.1) is 13.2 Å². The fourth-order valence-electron chi connectivity index (χ4n) is 8.62. The van der Waals surface area contributed by atoms with Crippen molar-refractivity contribution >= 4 is 151 Å². The van der Waals surface area contributed by atoms with E-state index in [2.05, 4.69) is 46.3 Å². The summed E-state index contributed by atoms with van der Waals surface area (Å²) in [6.07, 6.45) is -4.26. The van der Waals surface area contributed by atoms with Crippen molar-refractivity contribution in [3.63, 3.8) is 0 Å². The number of H-pyrrole nitrogens is 1. The monoisotopic (exact) mass is 736 g/mol. The van der Waals surface area contributed by atoms with E-state index in [0.29, 0.717) is 11.6 Å². The van der Waals surface area contributed by atoms with Crippen molar-refractivity contribution in [3.05, 3.63) is 129 Å². The van der Waals surface area contributed by atoms with Crippen molar-refractivity contribution in [3.8, 4) is 11.5 Å². The lowest BCUT2D eigenvalue weighted by molar-refractivity contribution is 0.127. The Hall–Kier alpha value is -2.63. The average Bonchev–Trinajstić information content (AvgIpc) is 3.54. The van der Waals surface area contributed by atoms with E-state index in [-0.39, 0.29) is 17.9 Å². The number of benzene rings is 4. The number of fused-ring (bicyclic) bond motifs is 6. The predicted molar refractivity (Wildman–Crippen MR) is 256 cm³/mol. The van der Waals surface area contributed by atoms with E-state index in [0.717, 1.165) is 47.5 Å². The number of rotatable bonds is 12. The predicted octanol–water partition coefficient (Wildman–Crippen LogP) is 0.939. The lowest BCUT2D eigenvalue weighted by atomic mass is 8.41. The van der Waals surface area contributed by atoms with Crippen LogP contribution in [0.25, 0.3) is 10.9 Å². The Balaban J connectivity index is 0.000000260. The molecule has 4 nitrogen and oxygen atoms in total. The van der Waals surface area contributed by atoms with Crippen LogP contribution in [0.5, 0.6) is 11.5 Å². The SMILES string of the molecule is COc1cc2c(cc1OCc1ccc(Cl)cc1)C1Cc3c([nH]c4ccccc34)C(c3ccc(F)cc3)N1CC2.[B]B([B])B(B([B])[B])B(B([B])[B])B(B([B])[B])B([B])[B]. The van der Waals surface area contributed by atoms with Crippen LogP contribution in [0.4, 0.5) is 4.39 Å². The second kappa shape index (κ2) is 19.2. The van der Waals surface area contributed by atoms with Crippen molar-refractivity contribution < 1.29 is 13.9 Å². The summed E-state index contributed by atoms with van der Waals surface area (Å²) in [6, 6.07) is 27.6. The highest BCUT2D eigenvalue weighted by atomic mass is 35.5. The zero-order chi connectivity index (χ0) is 41.1. The molecule has 0 spiro atoms. The first-order valence-corrected chi connectivity index (χ1v) is 19.3. The first kappa shape index (κ1) is 43.9. The van der Waals surface area contributed by atoms with E-state index >= 15 is 0 Å². The van der Waals surface area contributed by atoms with Crippen LogP contribution in [0.2, 0.25) is 5.02 Å². The Labute approximate surface area is 358 Å². The summed E-state index contributed by atoms with van der Waals surface area (Å²) in [5.41, 5.74) is 8.34. The molecule has 5 aromatic rings. The molecular weight excluding hydrogens is 705 g/mol. The van der Waals surface area contributed by atoms with Crippen LogP contribution in [-0.2, 0) is 19.4 Å². The highest BCUT2D eigenvalue weighted by Crippen LogP contribution is 2.49. The van der Waals surface area contributed by atoms with Gasteiger partial charge < -0.3 is 14.5 Å². The van der Waals surface area contributed by atoms with E-state index in [1.807, 2.05) is 36.4 Å². The van der Waals surface area contributed by atoms with Crippen LogP contribution in [0.1, 0.15) is 45.6 Å². The topological polar surface area (TPSA) is 37.5 Å². The molecule has 1 N–H and O–H groups in total. The van der Waals surface area contributed by atoms with Gasteiger partial charge in [0.25, 0.3) is 0 Å². The lowest BCUT2D eigenvalue weighted by Gasteiger charge is -2.46. The van der Waals surface area contributed by atoms with Gasteiger partial charge in [-0.2, -0.15) is 0 Å². The van der Waals surface area contributed by atoms with E-state index in [9.17, 15) is 4.39 Å². The third-order valence-electron chi connectivity index (χ3n) is 11.3. The molecule has 250 valence electrons. The second-order valence-corrected chi connectivity index (χ2v) is 15.4. The fraction of sp³-hybridized carbons (Fsp3) is 0.212. The van der Waals surface area contributed by atoms with Gasteiger partial charge in [-0.15, -0.1) is 0 Å². The molecule has 2 atom stereocenters. The number of para-hydroxylation sites is 1. The summed E-state index contributed by atoms with van der Waals surface area (Å²) in [6.45, 7) is 1.31. The Morgan fingerprint density at radius 1 is 0.754 bits per heavy atom. The molecular formula is C33H28B18ClFN2O2. The maximum atomic E-state index is 13.9. The normalized spacial score (nSPS) is 15.4. The third kappa shape index (κ3) is 9.72. The zero-order valence-corrected chi connectivity index (χ0v) is 32.7. The molecule has 0 fully saturated rings. The number of aromatic nitrogens is 1. The number of methoxy groups -OCH3 is 1. The van der Waals surface area contributed by atoms with E-state index in [1.54, 1.807) is 19.2 Å². The van der Waals surface area contributed by atoms with Gasteiger partial charge >= 0.3 is 0 Å². The third-order valence-corrected chi connectivity index (χ3v) is 11.5. The molecule has 1 aromatic heterocycles. The van der Waals surface area contributed by atoms with Gasteiger partial charge in [-0.3, -0.25) is 4.90 Å². The van der Waals surface area contributed by atoms with Gasteiger partial charge in [-0.1, -0.05) is 54.1 Å². The summed E-state index contributed by atoms with van der Waals surface area (Å²) in [4.78, 5) is 6.28. The molecule has 0 saturated carbocycles. The number of nitrogens with zero attached hydrogens (tertiary/aromatic N) is 1. The molecule has 0 saturated heterocycles. The molecule has 24 heteroatoms. The first-order valence-electron chi connectivity index (χ1n) is 18.9. The van der Waals surface area contributed by atoms with Crippen LogP contribution in [-0.4, -0.2) is 152 Å².